The Kier molecular flexibility index (Phi) is 5.28. The van der Waals surface area contributed by atoms with Crippen molar-refractivity contribution in [1.29, 1.82) is 0 Å². The summed E-state index contributed by atoms with van der Waals surface area (Å²) in [5.74, 6) is 1.19. The van der Waals surface area contributed by atoms with Gasteiger partial charge in [0.25, 0.3) is 0 Å². The fourth-order valence-electron chi connectivity index (χ4n) is 1.19. The Labute approximate surface area is 101 Å². The van der Waals surface area contributed by atoms with Gasteiger partial charge in [0.2, 0.25) is 5.95 Å². The van der Waals surface area contributed by atoms with E-state index < -0.39 is 0 Å². The van der Waals surface area contributed by atoms with Gasteiger partial charge in [0, 0.05) is 26.8 Å². The first-order chi connectivity index (χ1) is 7.67. The van der Waals surface area contributed by atoms with Gasteiger partial charge in [-0.25, -0.2) is 4.98 Å². The maximum atomic E-state index is 5.98. The lowest BCUT2D eigenvalue weighted by molar-refractivity contribution is 0.191. The highest BCUT2D eigenvalue weighted by molar-refractivity contribution is 6.32. The van der Waals surface area contributed by atoms with E-state index in [0.717, 1.165) is 6.42 Å². The molecular formula is C10H17ClN4O. The number of aromatic nitrogens is 2. The Balaban J connectivity index is 2.64. The van der Waals surface area contributed by atoms with Crippen molar-refractivity contribution < 1.29 is 4.74 Å². The van der Waals surface area contributed by atoms with Gasteiger partial charge in [0.1, 0.15) is 5.02 Å². The molecule has 1 unspecified atom stereocenters. The van der Waals surface area contributed by atoms with Gasteiger partial charge in [-0.2, -0.15) is 4.98 Å². The monoisotopic (exact) mass is 244 g/mol. The van der Waals surface area contributed by atoms with Crippen LogP contribution >= 0.6 is 11.6 Å². The van der Waals surface area contributed by atoms with Crippen LogP contribution in [0.25, 0.3) is 0 Å². The molecule has 0 spiro atoms. The summed E-state index contributed by atoms with van der Waals surface area (Å²) in [4.78, 5) is 8.24. The standard InChI is InChI=1S/C10H17ClN4O/c1-7(4-5-16-3)14-9-8(11)6-13-10(12-2)15-9/h6-7H,4-5H2,1-3H3,(H2,12,13,14,15). The second-order valence-corrected chi connectivity index (χ2v) is 3.87. The van der Waals surface area contributed by atoms with Crippen molar-refractivity contribution in [2.45, 2.75) is 19.4 Å². The predicted octanol–water partition coefficient (Wildman–Crippen LogP) is 2.01. The average Bonchev–Trinajstić information content (AvgIpc) is 2.29. The van der Waals surface area contributed by atoms with Gasteiger partial charge in [-0.3, -0.25) is 0 Å². The molecule has 0 amide bonds. The first-order valence-corrected chi connectivity index (χ1v) is 5.51. The summed E-state index contributed by atoms with van der Waals surface area (Å²) in [6, 6.07) is 0.247. The largest absolute Gasteiger partial charge is 0.385 e. The van der Waals surface area contributed by atoms with Crippen LogP contribution in [-0.2, 0) is 4.74 Å². The van der Waals surface area contributed by atoms with Gasteiger partial charge < -0.3 is 15.4 Å². The summed E-state index contributed by atoms with van der Waals surface area (Å²) in [5.41, 5.74) is 0. The van der Waals surface area contributed by atoms with Gasteiger partial charge in [-0.15, -0.1) is 0 Å². The lowest BCUT2D eigenvalue weighted by Crippen LogP contribution is -2.18. The molecule has 5 nitrogen and oxygen atoms in total. The third-order valence-electron chi connectivity index (χ3n) is 2.11. The summed E-state index contributed by atoms with van der Waals surface area (Å²) in [7, 11) is 3.45. The summed E-state index contributed by atoms with van der Waals surface area (Å²) < 4.78 is 5.01. The minimum absolute atomic E-state index is 0.247. The molecule has 0 radical (unpaired) electrons. The van der Waals surface area contributed by atoms with Gasteiger partial charge >= 0.3 is 0 Å². The van der Waals surface area contributed by atoms with Crippen LogP contribution in [0, 0.1) is 0 Å². The quantitative estimate of drug-likeness (QED) is 0.802. The number of nitrogens with one attached hydrogen (secondary N) is 2. The maximum Gasteiger partial charge on any atom is 0.224 e. The fraction of sp³-hybridized carbons (Fsp3) is 0.600. The minimum atomic E-state index is 0.247. The zero-order valence-electron chi connectivity index (χ0n) is 9.75. The van der Waals surface area contributed by atoms with E-state index in [2.05, 4.69) is 27.5 Å². The lowest BCUT2D eigenvalue weighted by atomic mass is 10.2. The molecule has 1 atom stereocenters. The molecule has 1 rings (SSSR count). The van der Waals surface area contributed by atoms with Crippen LogP contribution in [0.4, 0.5) is 11.8 Å². The molecule has 0 aliphatic carbocycles. The molecule has 0 saturated carbocycles. The second kappa shape index (κ2) is 6.50. The number of hydrogen-bond donors (Lipinski definition) is 2. The van der Waals surface area contributed by atoms with Gasteiger partial charge in [0.05, 0.1) is 6.20 Å². The number of hydrogen-bond acceptors (Lipinski definition) is 5. The molecule has 16 heavy (non-hydrogen) atoms. The molecule has 0 bridgehead atoms. The van der Waals surface area contributed by atoms with Crippen molar-refractivity contribution in [3.63, 3.8) is 0 Å². The molecule has 90 valence electrons. The molecule has 0 aliphatic rings. The Morgan fingerprint density at radius 3 is 2.94 bits per heavy atom. The fourth-order valence-corrected chi connectivity index (χ4v) is 1.33. The van der Waals surface area contributed by atoms with E-state index in [9.17, 15) is 0 Å². The second-order valence-electron chi connectivity index (χ2n) is 3.47. The zero-order chi connectivity index (χ0) is 12.0. The highest BCUT2D eigenvalue weighted by atomic mass is 35.5. The third kappa shape index (κ3) is 3.83. The van der Waals surface area contributed by atoms with E-state index in [-0.39, 0.29) is 6.04 Å². The van der Waals surface area contributed by atoms with E-state index in [1.807, 2.05) is 0 Å². The molecule has 1 aromatic rings. The van der Waals surface area contributed by atoms with E-state index >= 15 is 0 Å². The Morgan fingerprint density at radius 1 is 1.56 bits per heavy atom. The van der Waals surface area contributed by atoms with E-state index in [0.29, 0.717) is 23.4 Å². The lowest BCUT2D eigenvalue weighted by Gasteiger charge is -2.15. The summed E-state index contributed by atoms with van der Waals surface area (Å²) in [6.07, 6.45) is 2.47. The highest BCUT2D eigenvalue weighted by Crippen LogP contribution is 2.20. The van der Waals surface area contributed by atoms with E-state index in [4.69, 9.17) is 16.3 Å². The van der Waals surface area contributed by atoms with Gasteiger partial charge in [-0.1, -0.05) is 11.6 Å². The van der Waals surface area contributed by atoms with Crippen molar-refractivity contribution in [3.8, 4) is 0 Å². The first-order valence-electron chi connectivity index (χ1n) is 5.13. The minimum Gasteiger partial charge on any atom is -0.385 e. The molecule has 1 aromatic heterocycles. The highest BCUT2D eigenvalue weighted by Gasteiger charge is 2.08. The first kappa shape index (κ1) is 13.0. The van der Waals surface area contributed by atoms with Crippen LogP contribution in [0.15, 0.2) is 6.20 Å². The van der Waals surface area contributed by atoms with Crippen LogP contribution in [0.5, 0.6) is 0 Å². The summed E-state index contributed by atoms with van der Waals surface area (Å²) in [5, 5.41) is 6.60. The maximum absolute atomic E-state index is 5.98. The van der Waals surface area contributed by atoms with E-state index in [1.54, 1.807) is 20.4 Å². The molecule has 1 heterocycles. The van der Waals surface area contributed by atoms with Crippen LogP contribution in [-0.4, -0.2) is 36.8 Å². The average molecular weight is 245 g/mol. The van der Waals surface area contributed by atoms with Gasteiger partial charge in [0.15, 0.2) is 5.82 Å². The Bertz CT molecular complexity index is 335. The van der Waals surface area contributed by atoms with Gasteiger partial charge in [-0.05, 0) is 13.3 Å². The molecule has 0 fully saturated rings. The Morgan fingerprint density at radius 2 is 2.31 bits per heavy atom. The number of methoxy groups -OCH3 is 1. The third-order valence-corrected chi connectivity index (χ3v) is 2.38. The molecular weight excluding hydrogens is 228 g/mol. The van der Waals surface area contributed by atoms with Crippen molar-refractivity contribution in [1.82, 2.24) is 9.97 Å². The summed E-state index contributed by atoms with van der Waals surface area (Å²) >= 11 is 5.98. The van der Waals surface area contributed by atoms with Crippen LogP contribution in [0.3, 0.4) is 0 Å². The number of ether oxygens (including phenoxy) is 1. The van der Waals surface area contributed by atoms with E-state index in [1.165, 1.54) is 0 Å². The molecule has 0 aliphatic heterocycles. The molecule has 2 N–H and O–H groups in total. The molecule has 6 heteroatoms. The van der Waals surface area contributed by atoms with Crippen molar-refractivity contribution in [3.05, 3.63) is 11.2 Å². The SMILES string of the molecule is CNc1ncc(Cl)c(NC(C)CCOC)n1. The number of rotatable bonds is 6. The zero-order valence-corrected chi connectivity index (χ0v) is 10.5. The predicted molar refractivity (Wildman–Crippen MR) is 66.2 cm³/mol. The normalized spacial score (nSPS) is 12.2. The van der Waals surface area contributed by atoms with Crippen LogP contribution in [0.1, 0.15) is 13.3 Å². The number of halogens is 1. The number of anilines is 2. The van der Waals surface area contributed by atoms with Crippen LogP contribution < -0.4 is 10.6 Å². The topological polar surface area (TPSA) is 59.1 Å². The van der Waals surface area contributed by atoms with Crippen molar-refractivity contribution in [2.75, 3.05) is 31.4 Å². The number of nitrogens with zero attached hydrogens (tertiary/aromatic N) is 2. The van der Waals surface area contributed by atoms with Crippen molar-refractivity contribution in [2.24, 2.45) is 0 Å². The van der Waals surface area contributed by atoms with Crippen LogP contribution in [0.2, 0.25) is 5.02 Å². The summed E-state index contributed by atoms with van der Waals surface area (Å²) in [6.45, 7) is 2.76. The Hall–Kier alpha value is -1.07. The smallest absolute Gasteiger partial charge is 0.224 e. The molecule has 0 saturated heterocycles. The molecule has 0 aromatic carbocycles. The van der Waals surface area contributed by atoms with Crippen molar-refractivity contribution >= 4 is 23.4 Å².